The smallest absolute Gasteiger partial charge is 0.0823 e. The van der Waals surface area contributed by atoms with Gasteiger partial charge in [0.15, 0.2) is 0 Å². The van der Waals surface area contributed by atoms with Gasteiger partial charge in [0.1, 0.15) is 0 Å². The van der Waals surface area contributed by atoms with Crippen molar-refractivity contribution >= 4 is 52.1 Å². The van der Waals surface area contributed by atoms with Crippen molar-refractivity contribution in [3.8, 4) is 0 Å². The molecule has 0 amide bonds. The maximum Gasteiger partial charge on any atom is 0.0823 e. The van der Waals surface area contributed by atoms with Gasteiger partial charge >= 0.3 is 0 Å². The number of benzene rings is 2. The standard InChI is InChI=1S/C13H9Cl4N/c14-9-5-4-8(6-11(9)16)7-18-12-3-1-2-10(15)13(12)17/h1-6,18H,7H2. The summed E-state index contributed by atoms with van der Waals surface area (Å²) in [5.41, 5.74) is 1.80. The van der Waals surface area contributed by atoms with Crippen molar-refractivity contribution in [2.75, 3.05) is 5.32 Å². The molecule has 1 nitrogen and oxygen atoms in total. The molecule has 18 heavy (non-hydrogen) atoms. The molecule has 0 unspecified atom stereocenters. The Hall–Kier alpha value is -0.600. The Kier molecular flexibility index (Phi) is 4.63. The van der Waals surface area contributed by atoms with Crippen molar-refractivity contribution in [1.82, 2.24) is 0 Å². The lowest BCUT2D eigenvalue weighted by Crippen LogP contribution is -2.00. The van der Waals surface area contributed by atoms with Crippen LogP contribution in [0.2, 0.25) is 20.1 Å². The molecule has 94 valence electrons. The van der Waals surface area contributed by atoms with E-state index in [0.29, 0.717) is 26.6 Å². The monoisotopic (exact) mass is 319 g/mol. The molecule has 0 heterocycles. The first-order valence-electron chi connectivity index (χ1n) is 5.20. The number of rotatable bonds is 3. The number of anilines is 1. The van der Waals surface area contributed by atoms with Crippen molar-refractivity contribution in [3.05, 3.63) is 62.1 Å². The predicted molar refractivity (Wildman–Crippen MR) is 80.3 cm³/mol. The highest BCUT2D eigenvalue weighted by Crippen LogP contribution is 2.30. The summed E-state index contributed by atoms with van der Waals surface area (Å²) >= 11 is 23.8. The van der Waals surface area contributed by atoms with E-state index in [1.54, 1.807) is 12.1 Å². The molecule has 2 aromatic rings. The lowest BCUT2D eigenvalue weighted by Gasteiger charge is -2.09. The van der Waals surface area contributed by atoms with Crippen LogP contribution in [0, 0.1) is 0 Å². The highest BCUT2D eigenvalue weighted by molar-refractivity contribution is 6.43. The van der Waals surface area contributed by atoms with E-state index in [0.717, 1.165) is 11.3 Å². The van der Waals surface area contributed by atoms with Crippen LogP contribution in [0.1, 0.15) is 5.56 Å². The molecule has 2 rings (SSSR count). The summed E-state index contributed by atoms with van der Waals surface area (Å²) in [6.45, 7) is 0.594. The van der Waals surface area contributed by atoms with Crippen molar-refractivity contribution in [1.29, 1.82) is 0 Å². The summed E-state index contributed by atoms with van der Waals surface area (Å²) in [5, 5.41) is 5.31. The van der Waals surface area contributed by atoms with E-state index in [9.17, 15) is 0 Å². The maximum absolute atomic E-state index is 6.07. The topological polar surface area (TPSA) is 12.0 Å². The summed E-state index contributed by atoms with van der Waals surface area (Å²) in [5.74, 6) is 0. The molecule has 0 radical (unpaired) electrons. The Morgan fingerprint density at radius 1 is 0.833 bits per heavy atom. The van der Waals surface area contributed by atoms with E-state index in [2.05, 4.69) is 5.32 Å². The summed E-state index contributed by atoms with van der Waals surface area (Å²) in [4.78, 5) is 0. The zero-order valence-electron chi connectivity index (χ0n) is 9.18. The van der Waals surface area contributed by atoms with Gasteiger partial charge in [0.05, 0.1) is 25.8 Å². The highest BCUT2D eigenvalue weighted by atomic mass is 35.5. The van der Waals surface area contributed by atoms with E-state index in [-0.39, 0.29) is 0 Å². The lowest BCUT2D eigenvalue weighted by atomic mass is 10.2. The van der Waals surface area contributed by atoms with Gasteiger partial charge in [-0.1, -0.05) is 58.5 Å². The molecule has 0 aliphatic carbocycles. The molecule has 0 aliphatic heterocycles. The van der Waals surface area contributed by atoms with Crippen LogP contribution in [-0.2, 0) is 6.54 Å². The van der Waals surface area contributed by atoms with Crippen LogP contribution in [0.4, 0.5) is 5.69 Å². The summed E-state index contributed by atoms with van der Waals surface area (Å²) in [6, 6.07) is 10.9. The van der Waals surface area contributed by atoms with Crippen LogP contribution in [-0.4, -0.2) is 0 Å². The molecular weight excluding hydrogens is 312 g/mol. The molecule has 5 heteroatoms. The normalized spacial score (nSPS) is 10.4. The van der Waals surface area contributed by atoms with Gasteiger partial charge in [-0.15, -0.1) is 0 Å². The van der Waals surface area contributed by atoms with Gasteiger partial charge in [-0.3, -0.25) is 0 Å². The van der Waals surface area contributed by atoms with Gasteiger partial charge in [0.2, 0.25) is 0 Å². The van der Waals surface area contributed by atoms with Crippen LogP contribution in [0.15, 0.2) is 36.4 Å². The molecule has 0 spiro atoms. The predicted octanol–water partition coefficient (Wildman–Crippen LogP) is 5.91. The molecule has 0 saturated heterocycles. The Morgan fingerprint density at radius 2 is 1.61 bits per heavy atom. The minimum atomic E-state index is 0.513. The molecule has 0 atom stereocenters. The first-order valence-corrected chi connectivity index (χ1v) is 6.71. The average Bonchev–Trinajstić information content (AvgIpc) is 2.35. The molecule has 2 aromatic carbocycles. The molecule has 0 fully saturated rings. The molecule has 0 bridgehead atoms. The molecule has 0 aromatic heterocycles. The lowest BCUT2D eigenvalue weighted by molar-refractivity contribution is 1.15. The quantitative estimate of drug-likeness (QED) is 0.741. The van der Waals surface area contributed by atoms with E-state index in [4.69, 9.17) is 46.4 Å². The van der Waals surface area contributed by atoms with Gasteiger partial charge in [-0.05, 0) is 29.8 Å². The van der Waals surface area contributed by atoms with Crippen molar-refractivity contribution < 1.29 is 0 Å². The first-order chi connectivity index (χ1) is 8.58. The van der Waals surface area contributed by atoms with Crippen LogP contribution >= 0.6 is 46.4 Å². The minimum absolute atomic E-state index is 0.513. The van der Waals surface area contributed by atoms with Crippen LogP contribution in [0.25, 0.3) is 0 Å². The third kappa shape index (κ3) is 3.24. The van der Waals surface area contributed by atoms with Crippen molar-refractivity contribution in [2.45, 2.75) is 6.54 Å². The van der Waals surface area contributed by atoms with E-state index in [1.165, 1.54) is 0 Å². The Labute approximate surface area is 126 Å². The molecular formula is C13H9Cl4N. The third-order valence-electron chi connectivity index (χ3n) is 2.42. The number of hydrogen-bond donors (Lipinski definition) is 1. The zero-order chi connectivity index (χ0) is 13.1. The van der Waals surface area contributed by atoms with Gasteiger partial charge < -0.3 is 5.32 Å². The number of halogens is 4. The fraction of sp³-hybridized carbons (Fsp3) is 0.0769. The fourth-order valence-electron chi connectivity index (χ4n) is 1.49. The summed E-state index contributed by atoms with van der Waals surface area (Å²) in [6.07, 6.45) is 0. The zero-order valence-corrected chi connectivity index (χ0v) is 12.2. The fourth-order valence-corrected chi connectivity index (χ4v) is 2.18. The van der Waals surface area contributed by atoms with Crippen LogP contribution < -0.4 is 5.32 Å². The Bertz CT molecular complexity index is 569. The van der Waals surface area contributed by atoms with Gasteiger partial charge in [-0.2, -0.15) is 0 Å². The second-order valence-corrected chi connectivity index (χ2v) is 5.30. The van der Waals surface area contributed by atoms with Crippen molar-refractivity contribution in [3.63, 3.8) is 0 Å². The Balaban J connectivity index is 2.11. The highest BCUT2D eigenvalue weighted by Gasteiger charge is 2.04. The van der Waals surface area contributed by atoms with E-state index < -0.39 is 0 Å². The number of hydrogen-bond acceptors (Lipinski definition) is 1. The van der Waals surface area contributed by atoms with Gasteiger partial charge in [0, 0.05) is 6.54 Å². The first kappa shape index (κ1) is 13.8. The molecule has 1 N–H and O–H groups in total. The second kappa shape index (κ2) is 6.03. The number of nitrogens with one attached hydrogen (secondary N) is 1. The third-order valence-corrected chi connectivity index (χ3v) is 3.98. The van der Waals surface area contributed by atoms with Gasteiger partial charge in [0.25, 0.3) is 0 Å². The van der Waals surface area contributed by atoms with E-state index >= 15 is 0 Å². The molecule has 0 saturated carbocycles. The Morgan fingerprint density at radius 3 is 2.33 bits per heavy atom. The maximum atomic E-state index is 6.07. The van der Waals surface area contributed by atoms with Crippen LogP contribution in [0.5, 0.6) is 0 Å². The van der Waals surface area contributed by atoms with Crippen molar-refractivity contribution in [2.24, 2.45) is 0 Å². The van der Waals surface area contributed by atoms with E-state index in [1.807, 2.05) is 24.3 Å². The largest absolute Gasteiger partial charge is 0.380 e. The SMILES string of the molecule is Clc1ccc(CNc2cccc(Cl)c2Cl)cc1Cl. The minimum Gasteiger partial charge on any atom is -0.380 e. The average molecular weight is 321 g/mol. The van der Waals surface area contributed by atoms with Gasteiger partial charge in [-0.25, -0.2) is 0 Å². The second-order valence-electron chi connectivity index (χ2n) is 3.70. The van der Waals surface area contributed by atoms with Crippen LogP contribution in [0.3, 0.4) is 0 Å². The summed E-state index contributed by atoms with van der Waals surface area (Å²) < 4.78 is 0. The molecule has 0 aliphatic rings. The summed E-state index contributed by atoms with van der Waals surface area (Å²) in [7, 11) is 0.